The van der Waals surface area contributed by atoms with Crippen LogP contribution in [0, 0.1) is 5.92 Å². The third-order valence-electron chi connectivity index (χ3n) is 2.97. The van der Waals surface area contributed by atoms with Crippen molar-refractivity contribution >= 4 is 5.91 Å². The van der Waals surface area contributed by atoms with Gasteiger partial charge in [0.25, 0.3) is 0 Å². The Kier molecular flexibility index (Phi) is 5.12. The number of aliphatic hydroxyl groups excluding tert-OH is 1. The lowest BCUT2D eigenvalue weighted by Gasteiger charge is -2.27. The second kappa shape index (κ2) is 6.13. The van der Waals surface area contributed by atoms with Crippen molar-refractivity contribution in [2.75, 3.05) is 13.2 Å². The Morgan fingerprint density at radius 2 is 1.94 bits per heavy atom. The summed E-state index contributed by atoms with van der Waals surface area (Å²) in [5.41, 5.74) is 0. The highest BCUT2D eigenvalue weighted by molar-refractivity contribution is 5.78. The number of unbranched alkanes of at least 4 members (excludes halogenated alkanes) is 1. The van der Waals surface area contributed by atoms with Crippen LogP contribution in [0.4, 0.5) is 8.78 Å². The smallest absolute Gasteiger partial charge is 0.248 e. The molecule has 0 aromatic heterocycles. The fourth-order valence-electron chi connectivity index (χ4n) is 1.90. The van der Waals surface area contributed by atoms with Crippen LogP contribution in [0.1, 0.15) is 38.5 Å². The maximum Gasteiger partial charge on any atom is 0.248 e. The van der Waals surface area contributed by atoms with Gasteiger partial charge >= 0.3 is 0 Å². The molecular weight excluding hydrogens is 216 g/mol. The maximum absolute atomic E-state index is 12.8. The summed E-state index contributed by atoms with van der Waals surface area (Å²) in [6, 6.07) is 0. The molecule has 0 radical (unpaired) electrons. The largest absolute Gasteiger partial charge is 0.396 e. The van der Waals surface area contributed by atoms with E-state index in [1.54, 1.807) is 0 Å². The zero-order valence-electron chi connectivity index (χ0n) is 9.35. The van der Waals surface area contributed by atoms with E-state index < -0.39 is 5.92 Å². The highest BCUT2D eigenvalue weighted by Crippen LogP contribution is 2.36. The minimum Gasteiger partial charge on any atom is -0.396 e. The summed E-state index contributed by atoms with van der Waals surface area (Å²) in [6.45, 7) is 0.637. The molecule has 0 aliphatic heterocycles. The van der Waals surface area contributed by atoms with Gasteiger partial charge in [0.1, 0.15) is 0 Å². The first-order chi connectivity index (χ1) is 7.55. The van der Waals surface area contributed by atoms with Crippen LogP contribution in [-0.2, 0) is 4.79 Å². The van der Waals surface area contributed by atoms with Gasteiger partial charge < -0.3 is 10.4 Å². The average molecular weight is 235 g/mol. The lowest BCUT2D eigenvalue weighted by Crippen LogP contribution is -2.36. The molecule has 1 saturated carbocycles. The molecule has 0 spiro atoms. The minimum atomic E-state index is -2.58. The van der Waals surface area contributed by atoms with Crippen molar-refractivity contribution in [3.63, 3.8) is 0 Å². The molecule has 0 bridgehead atoms. The van der Waals surface area contributed by atoms with E-state index in [1.165, 1.54) is 0 Å². The lowest BCUT2D eigenvalue weighted by atomic mass is 9.86. The summed E-state index contributed by atoms with van der Waals surface area (Å²) in [5, 5.41) is 11.3. The number of hydrogen-bond acceptors (Lipinski definition) is 2. The van der Waals surface area contributed by atoms with E-state index in [0.29, 0.717) is 13.0 Å². The average Bonchev–Trinajstić information content (AvgIpc) is 2.24. The molecule has 0 atom stereocenters. The number of alkyl halides is 2. The van der Waals surface area contributed by atoms with Crippen LogP contribution in [0.15, 0.2) is 0 Å². The molecule has 94 valence electrons. The Morgan fingerprint density at radius 3 is 2.50 bits per heavy atom. The molecule has 1 aliphatic rings. The molecule has 0 saturated heterocycles. The molecule has 0 aromatic rings. The number of amides is 1. The fourth-order valence-corrected chi connectivity index (χ4v) is 1.90. The molecule has 0 unspecified atom stereocenters. The van der Waals surface area contributed by atoms with Crippen LogP contribution in [0.5, 0.6) is 0 Å². The first kappa shape index (κ1) is 13.4. The van der Waals surface area contributed by atoms with Gasteiger partial charge in [-0.1, -0.05) is 0 Å². The van der Waals surface area contributed by atoms with Gasteiger partial charge in [-0.3, -0.25) is 4.79 Å². The van der Waals surface area contributed by atoms with Gasteiger partial charge in [0.05, 0.1) is 0 Å². The SMILES string of the molecule is O=C(NCCCCO)C1CCC(F)(F)CC1. The predicted octanol–water partition coefficient (Wildman–Crippen LogP) is 1.70. The van der Waals surface area contributed by atoms with E-state index in [2.05, 4.69) is 5.32 Å². The molecule has 5 heteroatoms. The molecule has 0 heterocycles. The van der Waals surface area contributed by atoms with Gasteiger partial charge in [-0.25, -0.2) is 8.78 Å². The van der Waals surface area contributed by atoms with Gasteiger partial charge in [0.15, 0.2) is 0 Å². The third-order valence-corrected chi connectivity index (χ3v) is 2.97. The summed E-state index contributed by atoms with van der Waals surface area (Å²) in [6.07, 6.45) is 1.58. The molecule has 0 aromatic carbocycles. The predicted molar refractivity (Wildman–Crippen MR) is 56.2 cm³/mol. The molecular formula is C11H19F2NO2. The van der Waals surface area contributed by atoms with E-state index in [1.807, 2.05) is 0 Å². The molecule has 1 rings (SSSR count). The van der Waals surface area contributed by atoms with Crippen molar-refractivity contribution in [2.45, 2.75) is 44.4 Å². The monoisotopic (exact) mass is 235 g/mol. The molecule has 3 nitrogen and oxygen atoms in total. The van der Waals surface area contributed by atoms with Gasteiger partial charge in [-0.05, 0) is 25.7 Å². The summed E-state index contributed by atoms with van der Waals surface area (Å²) < 4.78 is 25.7. The van der Waals surface area contributed by atoms with Gasteiger partial charge in [0.2, 0.25) is 11.8 Å². The van der Waals surface area contributed by atoms with Gasteiger partial charge in [-0.15, -0.1) is 0 Å². The van der Waals surface area contributed by atoms with Crippen molar-refractivity contribution in [3.05, 3.63) is 0 Å². The standard InChI is InChI=1S/C11H19F2NO2/c12-11(13)5-3-9(4-6-11)10(16)14-7-1-2-8-15/h9,15H,1-8H2,(H,14,16). The molecule has 1 aliphatic carbocycles. The fraction of sp³-hybridized carbons (Fsp3) is 0.909. The molecule has 2 N–H and O–H groups in total. The van der Waals surface area contributed by atoms with E-state index in [0.717, 1.165) is 6.42 Å². The second-order valence-corrected chi connectivity index (χ2v) is 4.35. The Bertz CT molecular complexity index is 224. The highest BCUT2D eigenvalue weighted by Gasteiger charge is 2.37. The van der Waals surface area contributed by atoms with Crippen LogP contribution < -0.4 is 5.32 Å². The number of carbonyl (C=O) groups excluding carboxylic acids is 1. The van der Waals surface area contributed by atoms with E-state index in [9.17, 15) is 13.6 Å². The topological polar surface area (TPSA) is 49.3 Å². The Morgan fingerprint density at radius 1 is 1.31 bits per heavy atom. The first-order valence-electron chi connectivity index (χ1n) is 5.81. The molecule has 1 fully saturated rings. The number of aliphatic hydroxyl groups is 1. The maximum atomic E-state index is 12.8. The lowest BCUT2D eigenvalue weighted by molar-refractivity contribution is -0.129. The van der Waals surface area contributed by atoms with Crippen LogP contribution in [0.25, 0.3) is 0 Å². The Balaban J connectivity index is 2.18. The van der Waals surface area contributed by atoms with Crippen LogP contribution >= 0.6 is 0 Å². The normalized spacial score (nSPS) is 20.7. The van der Waals surface area contributed by atoms with E-state index in [4.69, 9.17) is 5.11 Å². The summed E-state index contributed by atoms with van der Waals surface area (Å²) in [4.78, 5) is 11.6. The number of rotatable bonds is 5. The van der Waals surface area contributed by atoms with Gasteiger partial charge in [0, 0.05) is 31.9 Å². The summed E-state index contributed by atoms with van der Waals surface area (Å²) in [7, 11) is 0. The molecule has 1 amide bonds. The minimum absolute atomic E-state index is 0.117. The van der Waals surface area contributed by atoms with Crippen molar-refractivity contribution < 1.29 is 18.7 Å². The van der Waals surface area contributed by atoms with Crippen LogP contribution in [0.2, 0.25) is 0 Å². The van der Waals surface area contributed by atoms with Crippen molar-refractivity contribution in [3.8, 4) is 0 Å². The van der Waals surface area contributed by atoms with Crippen LogP contribution in [-0.4, -0.2) is 30.1 Å². The zero-order valence-corrected chi connectivity index (χ0v) is 9.35. The van der Waals surface area contributed by atoms with Crippen LogP contribution in [0.3, 0.4) is 0 Å². The molecule has 16 heavy (non-hydrogen) atoms. The Labute approximate surface area is 94.2 Å². The number of hydrogen-bond donors (Lipinski definition) is 2. The van der Waals surface area contributed by atoms with Crippen molar-refractivity contribution in [2.24, 2.45) is 5.92 Å². The Hall–Kier alpha value is -0.710. The quantitative estimate of drug-likeness (QED) is 0.712. The zero-order chi connectivity index (χ0) is 12.0. The highest BCUT2D eigenvalue weighted by atomic mass is 19.3. The summed E-state index contributed by atoms with van der Waals surface area (Å²) in [5.74, 6) is -2.95. The third kappa shape index (κ3) is 4.43. The number of halogens is 2. The van der Waals surface area contributed by atoms with Crippen molar-refractivity contribution in [1.82, 2.24) is 5.32 Å². The van der Waals surface area contributed by atoms with Gasteiger partial charge in [-0.2, -0.15) is 0 Å². The first-order valence-corrected chi connectivity index (χ1v) is 5.81. The van der Waals surface area contributed by atoms with E-state index in [-0.39, 0.29) is 44.1 Å². The van der Waals surface area contributed by atoms with Crippen molar-refractivity contribution in [1.29, 1.82) is 0 Å². The second-order valence-electron chi connectivity index (χ2n) is 4.35. The summed E-state index contributed by atoms with van der Waals surface area (Å²) >= 11 is 0. The number of nitrogens with one attached hydrogen (secondary N) is 1. The van der Waals surface area contributed by atoms with E-state index >= 15 is 0 Å². The number of carbonyl (C=O) groups is 1.